The third kappa shape index (κ3) is 6.88. The average Bonchev–Trinajstić information content (AvgIpc) is 3.51. The second-order valence-electron chi connectivity index (χ2n) is 8.18. The van der Waals surface area contributed by atoms with E-state index < -0.39 is 19.8 Å². The summed E-state index contributed by atoms with van der Waals surface area (Å²) in [5.41, 5.74) is 7.46. The SMILES string of the molecule is Nc1nc2c(ncn2CCOCP(OCc2cccc(Br)c2)OCc2oc(=O)oc2-c2ccccc2)c(=O)[nH]1. The third-order valence-electron chi connectivity index (χ3n) is 5.45. The van der Waals surface area contributed by atoms with Crippen molar-refractivity contribution in [3.8, 4) is 11.3 Å². The molecule has 5 rings (SSSR count). The number of anilines is 1. The van der Waals surface area contributed by atoms with E-state index in [9.17, 15) is 9.59 Å². The van der Waals surface area contributed by atoms with Crippen molar-refractivity contribution in [3.05, 3.63) is 97.7 Å². The van der Waals surface area contributed by atoms with Crippen molar-refractivity contribution in [1.82, 2.24) is 19.5 Å². The number of aromatic amines is 1. The van der Waals surface area contributed by atoms with Gasteiger partial charge in [-0.3, -0.25) is 9.78 Å². The number of halogens is 1. The molecule has 202 valence electrons. The predicted octanol–water partition coefficient (Wildman–Crippen LogP) is 4.40. The van der Waals surface area contributed by atoms with Gasteiger partial charge in [0.1, 0.15) is 13.0 Å². The topological polar surface area (TPSA) is 161 Å². The van der Waals surface area contributed by atoms with Crippen LogP contribution in [0.1, 0.15) is 11.3 Å². The molecular weight excluding hydrogens is 593 g/mol. The molecule has 0 spiro atoms. The Morgan fingerprint density at radius 3 is 2.69 bits per heavy atom. The first-order chi connectivity index (χ1) is 19.0. The van der Waals surface area contributed by atoms with Gasteiger partial charge >= 0.3 is 5.82 Å². The fraction of sp³-hybridized carbons (Fsp3) is 0.200. The quantitative estimate of drug-likeness (QED) is 0.152. The molecule has 1 unspecified atom stereocenters. The van der Waals surface area contributed by atoms with E-state index in [2.05, 4.69) is 30.9 Å². The summed E-state index contributed by atoms with van der Waals surface area (Å²) in [7, 11) is -1.56. The Bertz CT molecular complexity index is 1670. The van der Waals surface area contributed by atoms with Gasteiger partial charge in [0.25, 0.3) is 5.56 Å². The molecule has 0 aliphatic heterocycles. The van der Waals surface area contributed by atoms with Crippen LogP contribution >= 0.6 is 24.3 Å². The molecule has 0 aliphatic carbocycles. The number of hydrogen-bond donors (Lipinski definition) is 2. The third-order valence-corrected chi connectivity index (χ3v) is 7.17. The van der Waals surface area contributed by atoms with Crippen molar-refractivity contribution in [3.63, 3.8) is 0 Å². The lowest BCUT2D eigenvalue weighted by molar-refractivity contribution is 0.136. The number of rotatable bonds is 12. The van der Waals surface area contributed by atoms with Crippen molar-refractivity contribution in [2.45, 2.75) is 19.8 Å². The number of aromatic nitrogens is 4. The van der Waals surface area contributed by atoms with Crippen molar-refractivity contribution in [1.29, 1.82) is 0 Å². The first-order valence-corrected chi connectivity index (χ1v) is 13.9. The average molecular weight is 616 g/mol. The number of imidazole rings is 1. The highest BCUT2D eigenvalue weighted by Gasteiger charge is 2.19. The standard InChI is InChI=1S/C25H23BrN5O7P/c26-18-8-4-5-16(11-18)12-35-39(36-13-19-21(38-25(33)37-19)17-6-2-1-3-7-17)15-34-10-9-31-14-28-20-22(31)29-24(27)30-23(20)32/h1-8,11,14H,9-10,12-13,15H2,(H3,27,29,30,32). The number of fused-ring (bicyclic) bond motifs is 1. The molecule has 39 heavy (non-hydrogen) atoms. The molecule has 0 saturated heterocycles. The molecule has 12 nitrogen and oxygen atoms in total. The summed E-state index contributed by atoms with van der Waals surface area (Å²) in [6.45, 7) is 0.865. The van der Waals surface area contributed by atoms with Gasteiger partial charge in [-0.05, 0) is 17.7 Å². The molecule has 0 fully saturated rings. The number of nitrogens with one attached hydrogen (secondary N) is 1. The zero-order valence-corrected chi connectivity index (χ0v) is 22.9. The number of nitrogen functional groups attached to an aromatic ring is 1. The normalized spacial score (nSPS) is 12.2. The van der Waals surface area contributed by atoms with Gasteiger partial charge in [-0.2, -0.15) is 4.98 Å². The Balaban J connectivity index is 1.24. The zero-order chi connectivity index (χ0) is 27.2. The lowest BCUT2D eigenvalue weighted by Crippen LogP contribution is -2.13. The maximum absolute atomic E-state index is 12.0. The zero-order valence-electron chi connectivity index (χ0n) is 20.4. The van der Waals surface area contributed by atoms with Gasteiger partial charge in [0.2, 0.25) is 5.95 Å². The second kappa shape index (κ2) is 12.5. The van der Waals surface area contributed by atoms with Crippen molar-refractivity contribution in [2.75, 3.05) is 18.7 Å². The van der Waals surface area contributed by atoms with Gasteiger partial charge < -0.3 is 32.9 Å². The van der Waals surface area contributed by atoms with Gasteiger partial charge in [0, 0.05) is 16.6 Å². The molecule has 0 amide bonds. The highest BCUT2D eigenvalue weighted by molar-refractivity contribution is 9.10. The summed E-state index contributed by atoms with van der Waals surface area (Å²) in [5, 5.41) is 0. The molecule has 0 radical (unpaired) electrons. The van der Waals surface area contributed by atoms with Crippen LogP contribution < -0.4 is 17.1 Å². The molecule has 3 N–H and O–H groups in total. The van der Waals surface area contributed by atoms with Crippen LogP contribution in [0.5, 0.6) is 0 Å². The Morgan fingerprint density at radius 1 is 1.05 bits per heavy atom. The lowest BCUT2D eigenvalue weighted by atomic mass is 10.1. The lowest BCUT2D eigenvalue weighted by Gasteiger charge is -2.17. The Morgan fingerprint density at radius 2 is 1.87 bits per heavy atom. The van der Waals surface area contributed by atoms with E-state index in [4.69, 9.17) is 28.4 Å². The van der Waals surface area contributed by atoms with Crippen molar-refractivity contribution >= 4 is 41.4 Å². The molecular formula is C25H23BrN5O7P. The maximum atomic E-state index is 12.0. The van der Waals surface area contributed by atoms with Crippen LogP contribution in [0.3, 0.4) is 0 Å². The number of H-pyrrole nitrogens is 1. The summed E-state index contributed by atoms with van der Waals surface area (Å²) in [4.78, 5) is 34.5. The van der Waals surface area contributed by atoms with Crippen LogP contribution in [-0.2, 0) is 33.5 Å². The van der Waals surface area contributed by atoms with E-state index in [1.54, 1.807) is 4.57 Å². The van der Waals surface area contributed by atoms with E-state index in [-0.39, 0.29) is 43.4 Å². The summed E-state index contributed by atoms with van der Waals surface area (Å²) in [6, 6.07) is 16.9. The van der Waals surface area contributed by atoms with Gasteiger partial charge in [-0.1, -0.05) is 58.4 Å². The van der Waals surface area contributed by atoms with Gasteiger partial charge in [0.15, 0.2) is 31.1 Å². The molecule has 3 aromatic heterocycles. The van der Waals surface area contributed by atoms with E-state index in [0.29, 0.717) is 23.5 Å². The van der Waals surface area contributed by atoms with Crippen LogP contribution in [0.25, 0.3) is 22.5 Å². The molecule has 0 bridgehead atoms. The maximum Gasteiger partial charge on any atom is 0.519 e. The first-order valence-electron chi connectivity index (χ1n) is 11.7. The Kier molecular flexibility index (Phi) is 8.64. The van der Waals surface area contributed by atoms with Crippen LogP contribution in [0.2, 0.25) is 0 Å². The molecule has 5 aromatic rings. The summed E-state index contributed by atoms with van der Waals surface area (Å²) in [5.74, 6) is -0.252. The molecule has 0 aliphatic rings. The molecule has 3 heterocycles. The molecule has 0 saturated carbocycles. The molecule has 2 aromatic carbocycles. The smallest absolute Gasteiger partial charge is 0.393 e. The number of nitrogens with zero attached hydrogens (tertiary/aromatic N) is 3. The van der Waals surface area contributed by atoms with Crippen LogP contribution in [0.15, 0.2) is 83.8 Å². The fourth-order valence-corrected chi connectivity index (χ4v) is 5.17. The fourth-order valence-electron chi connectivity index (χ4n) is 3.66. The second-order valence-corrected chi connectivity index (χ2v) is 10.5. The van der Waals surface area contributed by atoms with Gasteiger partial charge in [-0.15, -0.1) is 0 Å². The molecule has 1 atom stereocenters. The van der Waals surface area contributed by atoms with Gasteiger partial charge in [0.05, 0.1) is 19.5 Å². The number of hydrogen-bond acceptors (Lipinski definition) is 10. The highest BCUT2D eigenvalue weighted by atomic mass is 79.9. The minimum Gasteiger partial charge on any atom is -0.393 e. The summed E-state index contributed by atoms with van der Waals surface area (Å²) < 4.78 is 31.0. The van der Waals surface area contributed by atoms with Crippen molar-refractivity contribution in [2.24, 2.45) is 0 Å². The van der Waals surface area contributed by atoms with Crippen LogP contribution in [0.4, 0.5) is 5.95 Å². The van der Waals surface area contributed by atoms with E-state index >= 15 is 0 Å². The number of nitrogens with two attached hydrogens (primary N) is 1. The Labute approximate surface area is 230 Å². The Hall–Kier alpha value is -3.61. The van der Waals surface area contributed by atoms with Crippen molar-refractivity contribution < 1.29 is 22.6 Å². The number of benzene rings is 2. The summed E-state index contributed by atoms with van der Waals surface area (Å²) >= 11 is 3.46. The predicted molar refractivity (Wildman–Crippen MR) is 147 cm³/mol. The van der Waals surface area contributed by atoms with Crippen LogP contribution in [0, 0.1) is 0 Å². The van der Waals surface area contributed by atoms with E-state index in [1.807, 2.05) is 54.6 Å². The number of ether oxygens (including phenoxy) is 1. The summed E-state index contributed by atoms with van der Waals surface area (Å²) in [6.07, 6.45) is 1.64. The monoisotopic (exact) mass is 615 g/mol. The largest absolute Gasteiger partial charge is 0.519 e. The minimum atomic E-state index is -1.56. The minimum absolute atomic E-state index is 0.00816. The molecule has 14 heteroatoms. The highest BCUT2D eigenvalue weighted by Crippen LogP contribution is 2.41. The first kappa shape index (κ1) is 27.0. The van der Waals surface area contributed by atoms with Gasteiger partial charge in [-0.25, -0.2) is 9.78 Å². The van der Waals surface area contributed by atoms with E-state index in [0.717, 1.165) is 10.0 Å². The van der Waals surface area contributed by atoms with E-state index in [1.165, 1.54) is 6.33 Å². The van der Waals surface area contributed by atoms with Crippen LogP contribution in [-0.4, -0.2) is 32.5 Å².